The lowest BCUT2D eigenvalue weighted by Gasteiger charge is -2.34. The highest BCUT2D eigenvalue weighted by molar-refractivity contribution is 7.89. The van der Waals surface area contributed by atoms with Crippen LogP contribution in [0.4, 0.5) is 0 Å². The van der Waals surface area contributed by atoms with Gasteiger partial charge in [0.15, 0.2) is 10.6 Å². The molecule has 9 nitrogen and oxygen atoms in total. The number of primary amides is 1. The molecule has 0 radical (unpaired) electrons. The van der Waals surface area contributed by atoms with Crippen LogP contribution in [0.25, 0.3) is 0 Å². The molecule has 0 spiro atoms. The third-order valence-corrected chi connectivity index (χ3v) is 8.18. The summed E-state index contributed by atoms with van der Waals surface area (Å²) < 4.78 is 21.1. The number of ether oxygens (including phenoxy) is 1. The van der Waals surface area contributed by atoms with Crippen molar-refractivity contribution in [2.45, 2.75) is 43.6 Å². The molecule has 0 bridgehead atoms. The highest BCUT2D eigenvalue weighted by atomic mass is 35.5. The maximum absolute atomic E-state index is 13.2. The van der Waals surface area contributed by atoms with Crippen LogP contribution < -0.4 is 21.1 Å². The Bertz CT molecular complexity index is 843. The molecule has 2 saturated heterocycles. The molecule has 2 atom stereocenters. The average molecular weight is 549 g/mol. The van der Waals surface area contributed by atoms with Gasteiger partial charge in [-0.05, 0) is 31.8 Å². The number of amides is 2. The summed E-state index contributed by atoms with van der Waals surface area (Å²) in [5.41, 5.74) is 5.17. The largest absolute Gasteiger partial charge is 0.593 e. The lowest BCUT2D eigenvalue weighted by Crippen LogP contribution is -2.50. The van der Waals surface area contributed by atoms with Crippen molar-refractivity contribution in [2.24, 2.45) is 11.7 Å². The van der Waals surface area contributed by atoms with Gasteiger partial charge in [-0.1, -0.05) is 30.1 Å². The SMILES string of the molecule is C[C@@H](CC(N)=O)CC(=O)NCCN1CCN([S+]([O-])c2cc(Cl)c(OC3CCNCC3)c(Cl)c2)CC1. The van der Waals surface area contributed by atoms with E-state index < -0.39 is 17.3 Å². The van der Waals surface area contributed by atoms with Crippen molar-refractivity contribution in [1.82, 2.24) is 19.8 Å². The molecule has 1 aromatic carbocycles. The molecular weight excluding hydrogens is 513 g/mol. The Hall–Kier alpha value is -1.27. The zero-order chi connectivity index (χ0) is 25.4. The van der Waals surface area contributed by atoms with E-state index in [2.05, 4.69) is 15.5 Å². The number of nitrogens with two attached hydrogens (primary N) is 1. The summed E-state index contributed by atoms with van der Waals surface area (Å²) in [6, 6.07) is 3.36. The van der Waals surface area contributed by atoms with E-state index in [4.69, 9.17) is 33.7 Å². The lowest BCUT2D eigenvalue weighted by molar-refractivity contribution is -0.122. The number of piperidine rings is 1. The van der Waals surface area contributed by atoms with Gasteiger partial charge in [-0.3, -0.25) is 14.5 Å². The fourth-order valence-electron chi connectivity index (χ4n) is 4.26. The third-order valence-electron chi connectivity index (χ3n) is 6.14. The van der Waals surface area contributed by atoms with Crippen LogP contribution in [0.1, 0.15) is 32.6 Å². The van der Waals surface area contributed by atoms with E-state index in [1.165, 1.54) is 0 Å². The number of carbonyl (C=O) groups excluding carboxylic acids is 2. The van der Waals surface area contributed by atoms with Crippen molar-refractivity contribution in [3.63, 3.8) is 0 Å². The number of hydrogen-bond donors (Lipinski definition) is 3. The second-order valence-corrected chi connectivity index (χ2v) is 11.4. The Morgan fingerprint density at radius 2 is 1.83 bits per heavy atom. The highest BCUT2D eigenvalue weighted by Crippen LogP contribution is 2.37. The standard InChI is InChI=1S/C23H35Cl2N5O4S/c1-16(12-21(26)31)13-22(32)28-6-7-29-8-10-30(11-9-29)35(33)18-14-19(24)23(20(25)15-18)34-17-2-4-27-5-3-17/h14-17,27H,2-13H2,1H3,(H2,26,31)(H,28,32)/t16-,35?/m0/s1. The number of carbonyl (C=O) groups is 2. The minimum Gasteiger partial charge on any atom is -0.593 e. The zero-order valence-electron chi connectivity index (χ0n) is 20.1. The summed E-state index contributed by atoms with van der Waals surface area (Å²) >= 11 is 11.5. The van der Waals surface area contributed by atoms with Gasteiger partial charge in [0.1, 0.15) is 6.10 Å². The number of rotatable bonds is 11. The van der Waals surface area contributed by atoms with E-state index in [1.54, 1.807) is 12.1 Å². The minimum atomic E-state index is -1.38. The van der Waals surface area contributed by atoms with Gasteiger partial charge in [0.2, 0.25) is 11.8 Å². The maximum atomic E-state index is 13.2. The second kappa shape index (κ2) is 13.9. The van der Waals surface area contributed by atoms with Crippen LogP contribution in [-0.4, -0.2) is 84.0 Å². The zero-order valence-corrected chi connectivity index (χ0v) is 22.4. The predicted octanol–water partition coefficient (Wildman–Crippen LogP) is 1.78. The molecule has 0 saturated carbocycles. The molecule has 2 heterocycles. The molecule has 2 aliphatic rings. The first-order chi connectivity index (χ1) is 16.7. The summed E-state index contributed by atoms with van der Waals surface area (Å²) in [4.78, 5) is 25.7. The van der Waals surface area contributed by atoms with Gasteiger partial charge < -0.3 is 25.7 Å². The molecule has 2 amide bonds. The first-order valence-corrected chi connectivity index (χ1v) is 13.9. The summed E-state index contributed by atoms with van der Waals surface area (Å²) in [6.45, 7) is 7.57. The Labute approximate surface area is 220 Å². The van der Waals surface area contributed by atoms with Gasteiger partial charge in [0.05, 0.1) is 34.5 Å². The predicted molar refractivity (Wildman–Crippen MR) is 138 cm³/mol. The number of benzene rings is 1. The van der Waals surface area contributed by atoms with Gasteiger partial charge in [-0.25, -0.2) is 0 Å². The van der Waals surface area contributed by atoms with Crippen molar-refractivity contribution in [3.8, 4) is 5.75 Å². The first-order valence-electron chi connectivity index (χ1n) is 12.0. The number of piperazine rings is 1. The summed E-state index contributed by atoms with van der Waals surface area (Å²) in [5.74, 6) is -0.0958. The molecule has 1 aromatic rings. The summed E-state index contributed by atoms with van der Waals surface area (Å²) in [6.07, 6.45) is 2.34. The smallest absolute Gasteiger partial charge is 0.220 e. The van der Waals surface area contributed by atoms with Crippen LogP contribution in [0, 0.1) is 5.92 Å². The Morgan fingerprint density at radius 1 is 1.20 bits per heavy atom. The van der Waals surface area contributed by atoms with Crippen LogP contribution in [0.15, 0.2) is 17.0 Å². The normalized spacial score (nSPS) is 19.8. The van der Waals surface area contributed by atoms with E-state index in [0.29, 0.717) is 46.9 Å². The van der Waals surface area contributed by atoms with E-state index in [9.17, 15) is 14.1 Å². The number of hydrogen-bond acceptors (Lipinski definition) is 7. The molecule has 4 N–H and O–H groups in total. The van der Waals surface area contributed by atoms with Crippen LogP contribution >= 0.6 is 23.2 Å². The third kappa shape index (κ3) is 8.96. The molecule has 2 aliphatic heterocycles. The van der Waals surface area contributed by atoms with Crippen LogP contribution in [0.5, 0.6) is 5.75 Å². The van der Waals surface area contributed by atoms with Crippen molar-refractivity contribution in [1.29, 1.82) is 0 Å². The van der Waals surface area contributed by atoms with Gasteiger partial charge in [0, 0.05) is 51.2 Å². The van der Waals surface area contributed by atoms with Crippen molar-refractivity contribution in [2.75, 3.05) is 52.4 Å². The van der Waals surface area contributed by atoms with Crippen molar-refractivity contribution < 1.29 is 18.9 Å². The summed E-state index contributed by atoms with van der Waals surface area (Å²) in [7, 11) is 0. The van der Waals surface area contributed by atoms with Crippen molar-refractivity contribution in [3.05, 3.63) is 22.2 Å². The van der Waals surface area contributed by atoms with Crippen LogP contribution in [0.3, 0.4) is 0 Å². The van der Waals surface area contributed by atoms with Crippen molar-refractivity contribution >= 4 is 46.4 Å². The van der Waals surface area contributed by atoms with Gasteiger partial charge in [0.25, 0.3) is 0 Å². The molecule has 0 aliphatic carbocycles. The fraction of sp³-hybridized carbons (Fsp3) is 0.652. The lowest BCUT2D eigenvalue weighted by atomic mass is 10.0. The minimum absolute atomic E-state index is 0.0685. The van der Waals surface area contributed by atoms with E-state index >= 15 is 0 Å². The van der Waals surface area contributed by atoms with Crippen LogP contribution in [0.2, 0.25) is 10.0 Å². The molecule has 35 heavy (non-hydrogen) atoms. The maximum Gasteiger partial charge on any atom is 0.220 e. The topological polar surface area (TPSA) is 123 Å². The molecule has 2 fully saturated rings. The van der Waals surface area contributed by atoms with E-state index in [1.807, 2.05) is 11.2 Å². The molecule has 12 heteroatoms. The molecule has 3 rings (SSSR count). The monoisotopic (exact) mass is 547 g/mol. The number of halogens is 2. The molecule has 0 aromatic heterocycles. The highest BCUT2D eigenvalue weighted by Gasteiger charge is 2.29. The van der Waals surface area contributed by atoms with Gasteiger partial charge >= 0.3 is 0 Å². The average Bonchev–Trinajstić information content (AvgIpc) is 2.81. The van der Waals surface area contributed by atoms with Gasteiger partial charge in [-0.15, -0.1) is 4.31 Å². The molecule has 1 unspecified atom stereocenters. The summed E-state index contributed by atoms with van der Waals surface area (Å²) in [5, 5.41) is 6.93. The number of nitrogens with one attached hydrogen (secondary N) is 2. The van der Waals surface area contributed by atoms with Crippen LogP contribution in [-0.2, 0) is 21.0 Å². The molecular formula is C23H35Cl2N5O4S. The Morgan fingerprint density at radius 3 is 2.43 bits per heavy atom. The molecule has 196 valence electrons. The fourth-order valence-corrected chi connectivity index (χ4v) is 6.19. The van der Waals surface area contributed by atoms with E-state index in [0.717, 1.165) is 39.0 Å². The van der Waals surface area contributed by atoms with Gasteiger partial charge in [-0.2, -0.15) is 0 Å². The first kappa shape index (κ1) is 28.3. The Balaban J connectivity index is 1.43. The second-order valence-electron chi connectivity index (χ2n) is 9.13. The Kier molecular flexibility index (Phi) is 11.2. The quantitative estimate of drug-likeness (QED) is 0.361. The number of nitrogens with zero attached hydrogens (tertiary/aromatic N) is 2. The van der Waals surface area contributed by atoms with E-state index in [-0.39, 0.29) is 30.8 Å².